The first-order chi connectivity index (χ1) is 13.2. The van der Waals surface area contributed by atoms with E-state index in [1.807, 2.05) is 18.2 Å². The fraction of sp³-hybridized carbons (Fsp3) is 0.263. The van der Waals surface area contributed by atoms with E-state index in [4.69, 9.17) is 4.74 Å². The number of carbonyl (C=O) groups is 1. The normalized spacial score (nSPS) is 16.9. The highest BCUT2D eigenvalue weighted by atomic mass is 16.5. The molecular formula is C19H20N6O2. The zero-order valence-corrected chi connectivity index (χ0v) is 14.9. The van der Waals surface area contributed by atoms with E-state index in [-0.39, 0.29) is 12.0 Å². The summed E-state index contributed by atoms with van der Waals surface area (Å²) < 4.78 is 5.89. The predicted octanol–water partition coefficient (Wildman–Crippen LogP) is 2.12. The number of hydrogen-bond acceptors (Lipinski definition) is 6. The minimum atomic E-state index is -0.264. The third-order valence-electron chi connectivity index (χ3n) is 4.51. The number of ether oxygens (including phenoxy) is 1. The number of H-pyrrole nitrogens is 1. The number of anilines is 1. The number of aromatic amines is 1. The molecule has 1 saturated heterocycles. The van der Waals surface area contributed by atoms with Gasteiger partial charge in [0.25, 0.3) is 5.91 Å². The molecule has 1 aliphatic heterocycles. The molecule has 0 aromatic carbocycles. The van der Waals surface area contributed by atoms with Crippen LogP contribution >= 0.6 is 0 Å². The topological polar surface area (TPSA) is 96.0 Å². The molecule has 1 fully saturated rings. The van der Waals surface area contributed by atoms with Crippen molar-refractivity contribution in [3.63, 3.8) is 0 Å². The molecule has 0 bridgehead atoms. The summed E-state index contributed by atoms with van der Waals surface area (Å²) in [5, 5.41) is 9.71. The second-order valence-corrected chi connectivity index (χ2v) is 6.23. The van der Waals surface area contributed by atoms with Crippen LogP contribution in [-0.2, 0) is 4.74 Å². The molecule has 0 radical (unpaired) electrons. The summed E-state index contributed by atoms with van der Waals surface area (Å²) in [6.45, 7) is 1.48. The number of aromatic nitrogens is 4. The van der Waals surface area contributed by atoms with E-state index < -0.39 is 0 Å². The first-order valence-electron chi connectivity index (χ1n) is 8.75. The fourth-order valence-electron chi connectivity index (χ4n) is 3.08. The Kier molecular flexibility index (Phi) is 4.80. The van der Waals surface area contributed by atoms with Crippen LogP contribution in [0.2, 0.25) is 0 Å². The number of carbonyl (C=O) groups excluding carboxylic acids is 1. The lowest BCUT2D eigenvalue weighted by Gasteiger charge is -2.33. The molecule has 0 unspecified atom stereocenters. The maximum absolute atomic E-state index is 12.9. The van der Waals surface area contributed by atoms with Crippen molar-refractivity contribution in [1.82, 2.24) is 25.1 Å². The van der Waals surface area contributed by atoms with Crippen LogP contribution in [-0.4, -0.2) is 57.7 Å². The molecule has 4 heterocycles. The molecule has 0 saturated carbocycles. The molecule has 3 aromatic heterocycles. The van der Waals surface area contributed by atoms with Crippen LogP contribution in [0.1, 0.15) is 22.2 Å². The molecule has 1 amide bonds. The second kappa shape index (κ2) is 7.55. The maximum atomic E-state index is 12.9. The first-order valence-corrected chi connectivity index (χ1v) is 8.75. The van der Waals surface area contributed by atoms with Gasteiger partial charge in [0.1, 0.15) is 11.9 Å². The van der Waals surface area contributed by atoms with Gasteiger partial charge in [0, 0.05) is 37.1 Å². The quantitative estimate of drug-likeness (QED) is 0.736. The summed E-state index contributed by atoms with van der Waals surface area (Å²) >= 11 is 0. The van der Waals surface area contributed by atoms with Crippen molar-refractivity contribution in [2.75, 3.05) is 32.1 Å². The number of morpholine rings is 1. The van der Waals surface area contributed by atoms with Gasteiger partial charge in [-0.2, -0.15) is 5.10 Å². The van der Waals surface area contributed by atoms with Gasteiger partial charge < -0.3 is 15.0 Å². The lowest BCUT2D eigenvalue weighted by atomic mass is 10.1. The largest absolute Gasteiger partial charge is 0.373 e. The maximum Gasteiger partial charge on any atom is 0.254 e. The van der Waals surface area contributed by atoms with Crippen LogP contribution in [0.4, 0.5) is 5.82 Å². The zero-order valence-electron chi connectivity index (χ0n) is 14.9. The van der Waals surface area contributed by atoms with Crippen molar-refractivity contribution in [1.29, 1.82) is 0 Å². The van der Waals surface area contributed by atoms with Crippen LogP contribution in [0, 0.1) is 0 Å². The Morgan fingerprint density at radius 1 is 1.37 bits per heavy atom. The van der Waals surface area contributed by atoms with E-state index in [0.29, 0.717) is 31.1 Å². The highest BCUT2D eigenvalue weighted by Crippen LogP contribution is 2.24. The minimum absolute atomic E-state index is 0.0341. The van der Waals surface area contributed by atoms with Gasteiger partial charge in [-0.05, 0) is 24.3 Å². The second-order valence-electron chi connectivity index (χ2n) is 6.23. The highest BCUT2D eigenvalue weighted by molar-refractivity contribution is 5.94. The Morgan fingerprint density at radius 2 is 2.30 bits per heavy atom. The Balaban J connectivity index is 1.53. The van der Waals surface area contributed by atoms with Gasteiger partial charge in [-0.1, -0.05) is 6.07 Å². The van der Waals surface area contributed by atoms with Gasteiger partial charge in [0.2, 0.25) is 0 Å². The Morgan fingerprint density at radius 3 is 3.11 bits per heavy atom. The lowest BCUT2D eigenvalue weighted by molar-refractivity contribution is -0.0246. The molecule has 3 aromatic rings. The summed E-state index contributed by atoms with van der Waals surface area (Å²) in [6, 6.07) is 9.27. The van der Waals surface area contributed by atoms with Crippen LogP contribution < -0.4 is 5.32 Å². The van der Waals surface area contributed by atoms with Crippen LogP contribution in [0.15, 0.2) is 48.9 Å². The van der Waals surface area contributed by atoms with E-state index in [9.17, 15) is 4.79 Å². The molecule has 8 heteroatoms. The van der Waals surface area contributed by atoms with Gasteiger partial charge in [0.15, 0.2) is 0 Å². The van der Waals surface area contributed by atoms with Crippen LogP contribution in [0.3, 0.4) is 0 Å². The monoisotopic (exact) mass is 364 g/mol. The standard InChI is InChI=1S/C19H20N6O2/c1-20-18-9-13(5-6-21-18)19(26)25-7-8-27-17(12-25)16-4-2-3-15(24-16)14-10-22-23-11-14/h2-6,9-11,17H,7-8,12H2,1H3,(H,20,21)(H,22,23)/t17-/m0/s1. The van der Waals surface area contributed by atoms with E-state index in [2.05, 4.69) is 25.5 Å². The number of nitrogens with one attached hydrogen (secondary N) is 2. The third kappa shape index (κ3) is 3.65. The van der Waals surface area contributed by atoms with Gasteiger partial charge in [0.05, 0.1) is 30.7 Å². The Bertz CT molecular complexity index is 927. The first kappa shape index (κ1) is 17.2. The molecule has 138 valence electrons. The average molecular weight is 364 g/mol. The average Bonchev–Trinajstić information content (AvgIpc) is 3.28. The Hall–Kier alpha value is -3.26. The van der Waals surface area contributed by atoms with Crippen molar-refractivity contribution in [3.05, 3.63) is 60.2 Å². The predicted molar refractivity (Wildman–Crippen MR) is 100 cm³/mol. The van der Waals surface area contributed by atoms with E-state index in [1.165, 1.54) is 0 Å². The van der Waals surface area contributed by atoms with Crippen molar-refractivity contribution in [2.24, 2.45) is 0 Å². The summed E-state index contributed by atoms with van der Waals surface area (Å²) in [5.41, 5.74) is 3.14. The smallest absolute Gasteiger partial charge is 0.254 e. The number of hydrogen-bond donors (Lipinski definition) is 2. The van der Waals surface area contributed by atoms with Crippen molar-refractivity contribution in [2.45, 2.75) is 6.10 Å². The molecular weight excluding hydrogens is 344 g/mol. The van der Waals surface area contributed by atoms with Crippen molar-refractivity contribution >= 4 is 11.7 Å². The third-order valence-corrected chi connectivity index (χ3v) is 4.51. The lowest BCUT2D eigenvalue weighted by Crippen LogP contribution is -2.42. The summed E-state index contributed by atoms with van der Waals surface area (Å²) in [5.74, 6) is 0.633. The van der Waals surface area contributed by atoms with Gasteiger partial charge in [-0.25, -0.2) is 9.97 Å². The van der Waals surface area contributed by atoms with Gasteiger partial charge >= 0.3 is 0 Å². The summed E-state index contributed by atoms with van der Waals surface area (Å²) in [6.07, 6.45) is 4.89. The van der Waals surface area contributed by atoms with Crippen LogP contribution in [0.25, 0.3) is 11.3 Å². The minimum Gasteiger partial charge on any atom is -0.373 e. The molecule has 0 spiro atoms. The number of pyridine rings is 2. The summed E-state index contributed by atoms with van der Waals surface area (Å²) in [7, 11) is 1.78. The molecule has 4 rings (SSSR count). The summed E-state index contributed by atoms with van der Waals surface area (Å²) in [4.78, 5) is 23.5. The molecule has 0 aliphatic carbocycles. The Labute approximate surface area is 156 Å². The van der Waals surface area contributed by atoms with E-state index in [0.717, 1.165) is 17.0 Å². The number of nitrogens with zero attached hydrogens (tertiary/aromatic N) is 4. The van der Waals surface area contributed by atoms with Gasteiger partial charge in [-0.15, -0.1) is 0 Å². The number of amides is 1. The molecule has 8 nitrogen and oxygen atoms in total. The number of rotatable bonds is 4. The van der Waals surface area contributed by atoms with E-state index in [1.54, 1.807) is 42.7 Å². The zero-order chi connectivity index (χ0) is 18.6. The molecule has 2 N–H and O–H groups in total. The van der Waals surface area contributed by atoms with Crippen molar-refractivity contribution in [3.8, 4) is 11.3 Å². The fourth-order valence-corrected chi connectivity index (χ4v) is 3.08. The highest BCUT2D eigenvalue weighted by Gasteiger charge is 2.27. The SMILES string of the molecule is CNc1cc(C(=O)N2CCO[C@H](c3cccc(-c4cn[nH]c4)n3)C2)ccn1. The molecule has 27 heavy (non-hydrogen) atoms. The molecule has 1 aliphatic rings. The van der Waals surface area contributed by atoms with E-state index >= 15 is 0 Å². The van der Waals surface area contributed by atoms with Crippen molar-refractivity contribution < 1.29 is 9.53 Å². The van der Waals surface area contributed by atoms with Crippen LogP contribution in [0.5, 0.6) is 0 Å². The molecule has 1 atom stereocenters. The van der Waals surface area contributed by atoms with Gasteiger partial charge in [-0.3, -0.25) is 9.89 Å².